The number of H-pyrrole nitrogens is 1. The molecule has 0 fully saturated rings. The molecule has 0 aliphatic rings. The van der Waals surface area contributed by atoms with Crippen molar-refractivity contribution in [3.63, 3.8) is 0 Å². The molecule has 2 aromatic rings. The fourth-order valence-electron chi connectivity index (χ4n) is 1.76. The fraction of sp³-hybridized carbons (Fsp3) is 0.429. The smallest absolute Gasteiger partial charge is 0.117 e. The molecule has 2 N–H and O–H groups in total. The van der Waals surface area contributed by atoms with E-state index in [-0.39, 0.29) is 4.75 Å². The zero-order valence-electron chi connectivity index (χ0n) is 11.6. The molecule has 1 heterocycles. The summed E-state index contributed by atoms with van der Waals surface area (Å²) >= 11 is 1.86. The number of thioether (sulfide) groups is 1. The van der Waals surface area contributed by atoms with Crippen LogP contribution in [0.1, 0.15) is 19.5 Å². The maximum absolute atomic E-state index is 4.24. The van der Waals surface area contributed by atoms with Gasteiger partial charge in [0.2, 0.25) is 0 Å². The molecule has 0 bridgehead atoms. The van der Waals surface area contributed by atoms with Gasteiger partial charge >= 0.3 is 0 Å². The predicted molar refractivity (Wildman–Crippen MR) is 81.1 cm³/mol. The highest BCUT2D eigenvalue weighted by atomic mass is 32.2. The second-order valence-electron chi connectivity index (χ2n) is 5.05. The lowest BCUT2D eigenvalue weighted by Gasteiger charge is -2.22. The lowest BCUT2D eigenvalue weighted by atomic mass is 10.1. The SMILES string of the molecule is CSC(C)(C)CNCc1n[nH]nc1-c1ccccc1. The van der Waals surface area contributed by atoms with E-state index in [1.807, 2.05) is 42.1 Å². The summed E-state index contributed by atoms with van der Waals surface area (Å²) in [5, 5.41) is 14.6. The van der Waals surface area contributed by atoms with Crippen LogP contribution in [0.3, 0.4) is 0 Å². The third-order valence-electron chi connectivity index (χ3n) is 3.06. The van der Waals surface area contributed by atoms with Gasteiger partial charge in [0.25, 0.3) is 0 Å². The molecule has 2 rings (SSSR count). The summed E-state index contributed by atoms with van der Waals surface area (Å²) in [7, 11) is 0. The Morgan fingerprint density at radius 1 is 1.21 bits per heavy atom. The van der Waals surface area contributed by atoms with E-state index in [0.717, 1.165) is 30.0 Å². The molecule has 0 saturated heterocycles. The third kappa shape index (κ3) is 3.81. The molecular weight excluding hydrogens is 256 g/mol. The number of aromatic nitrogens is 3. The van der Waals surface area contributed by atoms with Gasteiger partial charge in [-0.05, 0) is 20.1 Å². The van der Waals surface area contributed by atoms with Crippen LogP contribution in [-0.2, 0) is 6.54 Å². The highest BCUT2D eigenvalue weighted by Gasteiger charge is 2.16. The molecule has 19 heavy (non-hydrogen) atoms. The van der Waals surface area contributed by atoms with Crippen LogP contribution < -0.4 is 5.32 Å². The zero-order valence-corrected chi connectivity index (χ0v) is 12.4. The summed E-state index contributed by atoms with van der Waals surface area (Å²) in [6.07, 6.45) is 2.13. The van der Waals surface area contributed by atoms with Crippen LogP contribution in [0.5, 0.6) is 0 Å². The molecule has 0 amide bonds. The average molecular weight is 276 g/mol. The largest absolute Gasteiger partial charge is 0.310 e. The van der Waals surface area contributed by atoms with Gasteiger partial charge in [0.1, 0.15) is 11.4 Å². The number of nitrogens with one attached hydrogen (secondary N) is 2. The van der Waals surface area contributed by atoms with Gasteiger partial charge < -0.3 is 5.32 Å². The number of benzene rings is 1. The Morgan fingerprint density at radius 2 is 1.95 bits per heavy atom. The van der Waals surface area contributed by atoms with Gasteiger partial charge in [0.15, 0.2) is 0 Å². The van der Waals surface area contributed by atoms with E-state index in [2.05, 4.69) is 40.8 Å². The molecule has 0 unspecified atom stereocenters. The standard InChI is InChI=1S/C14H20N4S/c1-14(2,19-3)10-15-9-12-13(17-18-16-12)11-7-5-4-6-8-11/h4-8,15H,9-10H2,1-3H3,(H,16,17,18). The minimum absolute atomic E-state index is 0.233. The summed E-state index contributed by atoms with van der Waals surface area (Å²) < 4.78 is 0.233. The van der Waals surface area contributed by atoms with E-state index < -0.39 is 0 Å². The van der Waals surface area contributed by atoms with Crippen LogP contribution in [0.2, 0.25) is 0 Å². The van der Waals surface area contributed by atoms with Crippen molar-refractivity contribution in [1.29, 1.82) is 0 Å². The number of aromatic amines is 1. The van der Waals surface area contributed by atoms with Crippen molar-refractivity contribution >= 4 is 11.8 Å². The second-order valence-corrected chi connectivity index (χ2v) is 6.57. The first-order chi connectivity index (χ1) is 9.12. The van der Waals surface area contributed by atoms with Crippen molar-refractivity contribution in [1.82, 2.24) is 20.7 Å². The number of rotatable bonds is 6. The average Bonchev–Trinajstić information content (AvgIpc) is 2.88. The van der Waals surface area contributed by atoms with Gasteiger partial charge in [0.05, 0.1) is 0 Å². The van der Waals surface area contributed by atoms with Crippen molar-refractivity contribution in [2.45, 2.75) is 25.1 Å². The van der Waals surface area contributed by atoms with E-state index in [9.17, 15) is 0 Å². The van der Waals surface area contributed by atoms with Gasteiger partial charge in [-0.25, -0.2) is 0 Å². The summed E-state index contributed by atoms with van der Waals surface area (Å²) in [6.45, 7) is 6.12. The Morgan fingerprint density at radius 3 is 2.63 bits per heavy atom. The van der Waals surface area contributed by atoms with E-state index in [1.54, 1.807) is 0 Å². The highest BCUT2D eigenvalue weighted by Crippen LogP contribution is 2.21. The zero-order chi connectivity index (χ0) is 13.7. The molecular formula is C14H20N4S. The minimum atomic E-state index is 0.233. The van der Waals surface area contributed by atoms with E-state index in [0.29, 0.717) is 0 Å². The molecule has 0 atom stereocenters. The molecule has 0 radical (unpaired) electrons. The normalized spacial score (nSPS) is 11.7. The van der Waals surface area contributed by atoms with E-state index in [4.69, 9.17) is 0 Å². The van der Waals surface area contributed by atoms with Crippen LogP contribution in [-0.4, -0.2) is 33.0 Å². The van der Waals surface area contributed by atoms with Crippen LogP contribution in [0, 0.1) is 0 Å². The Hall–Kier alpha value is -1.33. The van der Waals surface area contributed by atoms with Gasteiger partial charge in [0, 0.05) is 23.4 Å². The van der Waals surface area contributed by atoms with E-state index in [1.165, 1.54) is 0 Å². The number of nitrogens with zero attached hydrogens (tertiary/aromatic N) is 2. The summed E-state index contributed by atoms with van der Waals surface area (Å²) in [6, 6.07) is 10.1. The molecule has 5 heteroatoms. The highest BCUT2D eigenvalue weighted by molar-refractivity contribution is 7.99. The van der Waals surface area contributed by atoms with Crippen LogP contribution >= 0.6 is 11.8 Å². The maximum atomic E-state index is 4.24. The Bertz CT molecular complexity index is 507. The van der Waals surface area contributed by atoms with Gasteiger partial charge in [-0.15, -0.1) is 0 Å². The molecule has 102 valence electrons. The van der Waals surface area contributed by atoms with E-state index >= 15 is 0 Å². The van der Waals surface area contributed by atoms with Crippen molar-refractivity contribution in [2.75, 3.05) is 12.8 Å². The van der Waals surface area contributed by atoms with Crippen LogP contribution in [0.25, 0.3) is 11.3 Å². The Labute approximate surface area is 118 Å². The molecule has 4 nitrogen and oxygen atoms in total. The quantitative estimate of drug-likeness (QED) is 0.852. The van der Waals surface area contributed by atoms with Crippen molar-refractivity contribution in [3.8, 4) is 11.3 Å². The molecule has 1 aromatic carbocycles. The Balaban J connectivity index is 2.01. The second kappa shape index (κ2) is 6.21. The van der Waals surface area contributed by atoms with Gasteiger partial charge in [-0.3, -0.25) is 0 Å². The minimum Gasteiger partial charge on any atom is -0.310 e. The fourth-order valence-corrected chi connectivity index (χ4v) is 2.00. The molecule has 0 aliphatic heterocycles. The Kier molecular flexibility index (Phi) is 4.61. The van der Waals surface area contributed by atoms with Crippen LogP contribution in [0.4, 0.5) is 0 Å². The molecule has 0 spiro atoms. The van der Waals surface area contributed by atoms with Crippen molar-refractivity contribution in [3.05, 3.63) is 36.0 Å². The molecule has 1 aromatic heterocycles. The van der Waals surface area contributed by atoms with Crippen molar-refractivity contribution < 1.29 is 0 Å². The molecule has 0 saturated carbocycles. The third-order valence-corrected chi connectivity index (χ3v) is 4.31. The first-order valence-corrected chi connectivity index (χ1v) is 7.56. The van der Waals surface area contributed by atoms with Crippen molar-refractivity contribution in [2.24, 2.45) is 0 Å². The monoisotopic (exact) mass is 276 g/mol. The summed E-state index contributed by atoms with van der Waals surface area (Å²) in [5.41, 5.74) is 2.98. The first kappa shape index (κ1) is 14.1. The summed E-state index contributed by atoms with van der Waals surface area (Å²) in [4.78, 5) is 0. The first-order valence-electron chi connectivity index (χ1n) is 6.33. The number of hydrogen-bond acceptors (Lipinski definition) is 4. The molecule has 0 aliphatic carbocycles. The van der Waals surface area contributed by atoms with Crippen LogP contribution in [0.15, 0.2) is 30.3 Å². The lowest BCUT2D eigenvalue weighted by molar-refractivity contribution is 0.585. The summed E-state index contributed by atoms with van der Waals surface area (Å²) in [5.74, 6) is 0. The lowest BCUT2D eigenvalue weighted by Crippen LogP contribution is -2.31. The number of hydrogen-bond donors (Lipinski definition) is 2. The topological polar surface area (TPSA) is 53.6 Å². The van der Waals surface area contributed by atoms with Gasteiger partial charge in [-0.1, -0.05) is 30.3 Å². The predicted octanol–water partition coefficient (Wildman–Crippen LogP) is 2.70. The van der Waals surface area contributed by atoms with Gasteiger partial charge in [-0.2, -0.15) is 27.2 Å². The maximum Gasteiger partial charge on any atom is 0.117 e.